The molecule has 2 aromatic carbocycles. The lowest BCUT2D eigenvalue weighted by atomic mass is 9.94. The first-order chi connectivity index (χ1) is 15.4. The van der Waals surface area contributed by atoms with Gasteiger partial charge in [0.15, 0.2) is 0 Å². The minimum Gasteiger partial charge on any atom is -0.344 e. The lowest BCUT2D eigenvalue weighted by Gasteiger charge is -2.26. The van der Waals surface area contributed by atoms with Crippen molar-refractivity contribution in [3.63, 3.8) is 0 Å². The van der Waals surface area contributed by atoms with Crippen LogP contribution in [0.15, 0.2) is 48.5 Å². The molecule has 168 valence electrons. The maximum Gasteiger partial charge on any atom is 0.245 e. The molecule has 4 rings (SSSR count). The van der Waals surface area contributed by atoms with Crippen molar-refractivity contribution in [3.8, 4) is 11.1 Å². The minimum atomic E-state index is -0.492. The summed E-state index contributed by atoms with van der Waals surface area (Å²) in [7, 11) is 0. The van der Waals surface area contributed by atoms with Gasteiger partial charge in [0.25, 0.3) is 0 Å². The van der Waals surface area contributed by atoms with Crippen LogP contribution in [-0.2, 0) is 20.8 Å². The molecule has 2 saturated heterocycles. The Kier molecular flexibility index (Phi) is 6.53. The van der Waals surface area contributed by atoms with Gasteiger partial charge in [-0.25, -0.2) is 4.39 Å². The Bertz CT molecular complexity index is 1010. The molecule has 2 aliphatic rings. The van der Waals surface area contributed by atoms with E-state index in [0.29, 0.717) is 45.4 Å². The van der Waals surface area contributed by atoms with Crippen LogP contribution in [0.25, 0.3) is 11.1 Å². The molecule has 1 N–H and O–H groups in total. The first-order valence-electron chi connectivity index (χ1n) is 11.2. The maximum absolute atomic E-state index is 13.3. The Hall–Kier alpha value is -3.22. The van der Waals surface area contributed by atoms with Gasteiger partial charge in [-0.2, -0.15) is 0 Å². The molecule has 2 heterocycles. The average molecular weight is 438 g/mol. The smallest absolute Gasteiger partial charge is 0.245 e. The fraction of sp³-hybridized carbons (Fsp3) is 0.400. The van der Waals surface area contributed by atoms with Gasteiger partial charge < -0.3 is 15.1 Å². The van der Waals surface area contributed by atoms with E-state index in [9.17, 15) is 18.8 Å². The number of amides is 3. The molecule has 0 saturated carbocycles. The zero-order valence-corrected chi connectivity index (χ0v) is 18.2. The second-order valence-electron chi connectivity index (χ2n) is 8.47. The van der Waals surface area contributed by atoms with Crippen molar-refractivity contribution < 1.29 is 18.8 Å². The number of nitrogens with one attached hydrogen (secondary N) is 1. The van der Waals surface area contributed by atoms with Gasteiger partial charge in [0, 0.05) is 32.6 Å². The van der Waals surface area contributed by atoms with Crippen LogP contribution in [0.4, 0.5) is 4.39 Å². The van der Waals surface area contributed by atoms with Crippen LogP contribution in [0.2, 0.25) is 0 Å². The molecule has 0 aliphatic carbocycles. The van der Waals surface area contributed by atoms with Gasteiger partial charge in [-0.1, -0.05) is 36.4 Å². The zero-order chi connectivity index (χ0) is 22.7. The van der Waals surface area contributed by atoms with Crippen molar-refractivity contribution >= 4 is 17.7 Å². The number of carbonyl (C=O) groups is 3. The summed E-state index contributed by atoms with van der Waals surface area (Å²) in [4.78, 5) is 41.3. The number of hydrogen-bond acceptors (Lipinski definition) is 3. The molecule has 7 heteroatoms. The molecule has 0 unspecified atom stereocenters. The standard InChI is InChI=1S/C25H28FN3O3/c1-2-28-12-13-29(25(32)22-10-11-23(30)27-22)16-20(24(28)31)15-17-4-3-5-19(14-17)18-6-8-21(26)9-7-18/h3-9,14,20,22H,2,10-13,15-16H2,1H3,(H,27,30)/t20-,22+/m1/s1. The molecule has 6 nitrogen and oxygen atoms in total. The third-order valence-electron chi connectivity index (χ3n) is 6.31. The highest BCUT2D eigenvalue weighted by molar-refractivity contribution is 5.91. The van der Waals surface area contributed by atoms with E-state index in [0.717, 1.165) is 16.7 Å². The summed E-state index contributed by atoms with van der Waals surface area (Å²) < 4.78 is 13.3. The highest BCUT2D eigenvalue weighted by Gasteiger charge is 2.36. The van der Waals surface area contributed by atoms with Crippen molar-refractivity contribution in [2.24, 2.45) is 5.92 Å². The van der Waals surface area contributed by atoms with Gasteiger partial charge in [-0.15, -0.1) is 0 Å². The van der Waals surface area contributed by atoms with Crippen molar-refractivity contribution in [1.29, 1.82) is 0 Å². The Morgan fingerprint density at radius 2 is 1.88 bits per heavy atom. The SMILES string of the molecule is CCN1CCN(C(=O)[C@@H]2CCC(=O)N2)C[C@@H](Cc2cccc(-c3ccc(F)cc3)c2)C1=O. The van der Waals surface area contributed by atoms with Crippen LogP contribution < -0.4 is 5.32 Å². The van der Waals surface area contributed by atoms with Gasteiger partial charge in [-0.05, 0) is 48.6 Å². The van der Waals surface area contributed by atoms with Crippen LogP contribution >= 0.6 is 0 Å². The summed E-state index contributed by atoms with van der Waals surface area (Å²) in [6, 6.07) is 13.7. The lowest BCUT2D eigenvalue weighted by Crippen LogP contribution is -2.46. The van der Waals surface area contributed by atoms with E-state index in [1.807, 2.05) is 31.2 Å². The second kappa shape index (κ2) is 9.51. The van der Waals surface area contributed by atoms with Crippen LogP contribution in [0.1, 0.15) is 25.3 Å². The number of benzene rings is 2. The predicted octanol–water partition coefficient (Wildman–Crippen LogP) is 2.62. The first kappa shape index (κ1) is 22.0. The zero-order valence-electron chi connectivity index (χ0n) is 18.2. The summed E-state index contributed by atoms with van der Waals surface area (Å²) in [5.41, 5.74) is 2.85. The Balaban J connectivity index is 1.54. The molecule has 0 aromatic heterocycles. The number of rotatable bonds is 5. The van der Waals surface area contributed by atoms with Gasteiger partial charge in [0.2, 0.25) is 17.7 Å². The molecule has 0 bridgehead atoms. The van der Waals surface area contributed by atoms with Crippen LogP contribution in [0.5, 0.6) is 0 Å². The molecule has 2 fully saturated rings. The predicted molar refractivity (Wildman–Crippen MR) is 119 cm³/mol. The first-order valence-corrected chi connectivity index (χ1v) is 11.2. The largest absolute Gasteiger partial charge is 0.344 e. The fourth-order valence-electron chi connectivity index (χ4n) is 4.54. The van der Waals surface area contributed by atoms with Gasteiger partial charge >= 0.3 is 0 Å². The molecular formula is C25H28FN3O3. The Morgan fingerprint density at radius 3 is 2.56 bits per heavy atom. The summed E-state index contributed by atoms with van der Waals surface area (Å²) in [6.07, 6.45) is 1.37. The van der Waals surface area contributed by atoms with Gasteiger partial charge in [-0.3, -0.25) is 14.4 Å². The minimum absolute atomic E-state index is 0.0467. The monoisotopic (exact) mass is 437 g/mol. The lowest BCUT2D eigenvalue weighted by molar-refractivity contribution is -0.136. The third-order valence-corrected chi connectivity index (χ3v) is 6.31. The Morgan fingerprint density at radius 1 is 1.09 bits per heavy atom. The van der Waals surface area contributed by atoms with E-state index >= 15 is 0 Å². The van der Waals surface area contributed by atoms with Crippen molar-refractivity contribution in [2.45, 2.75) is 32.2 Å². The van der Waals surface area contributed by atoms with Crippen LogP contribution in [0, 0.1) is 11.7 Å². The van der Waals surface area contributed by atoms with Crippen LogP contribution in [0.3, 0.4) is 0 Å². The molecular weight excluding hydrogens is 409 g/mol. The number of likely N-dealkylation sites (N-methyl/N-ethyl adjacent to an activating group) is 1. The summed E-state index contributed by atoms with van der Waals surface area (Å²) in [5, 5.41) is 2.75. The molecule has 2 atom stereocenters. The molecule has 3 amide bonds. The number of hydrogen-bond donors (Lipinski definition) is 1. The second-order valence-corrected chi connectivity index (χ2v) is 8.47. The molecule has 0 radical (unpaired) electrons. The van der Waals surface area contributed by atoms with Crippen molar-refractivity contribution in [1.82, 2.24) is 15.1 Å². The number of halogens is 1. The molecule has 0 spiro atoms. The quantitative estimate of drug-likeness (QED) is 0.782. The topological polar surface area (TPSA) is 69.7 Å². The van der Waals surface area contributed by atoms with Crippen LogP contribution in [-0.4, -0.2) is 59.7 Å². The van der Waals surface area contributed by atoms with E-state index < -0.39 is 6.04 Å². The maximum atomic E-state index is 13.3. The van der Waals surface area contributed by atoms with E-state index in [1.54, 1.807) is 21.9 Å². The molecule has 32 heavy (non-hydrogen) atoms. The normalized spacial score (nSPS) is 21.4. The summed E-state index contributed by atoms with van der Waals surface area (Å²) >= 11 is 0. The summed E-state index contributed by atoms with van der Waals surface area (Å²) in [6.45, 7) is 3.83. The number of carbonyl (C=O) groups excluding carboxylic acids is 3. The van der Waals surface area contributed by atoms with E-state index in [4.69, 9.17) is 0 Å². The van der Waals surface area contributed by atoms with E-state index in [2.05, 4.69) is 5.32 Å². The summed E-state index contributed by atoms with van der Waals surface area (Å²) in [5.74, 6) is -0.797. The van der Waals surface area contributed by atoms with Crippen molar-refractivity contribution in [3.05, 3.63) is 59.9 Å². The highest BCUT2D eigenvalue weighted by Crippen LogP contribution is 2.24. The average Bonchev–Trinajstić information content (AvgIpc) is 3.17. The van der Waals surface area contributed by atoms with E-state index in [-0.39, 0.29) is 29.5 Å². The molecule has 2 aromatic rings. The molecule has 2 aliphatic heterocycles. The van der Waals surface area contributed by atoms with Crippen molar-refractivity contribution in [2.75, 3.05) is 26.2 Å². The Labute approximate surface area is 187 Å². The fourth-order valence-corrected chi connectivity index (χ4v) is 4.54. The number of nitrogens with zero attached hydrogens (tertiary/aromatic N) is 2. The third kappa shape index (κ3) is 4.82. The van der Waals surface area contributed by atoms with Gasteiger partial charge in [0.05, 0.1) is 5.92 Å². The highest BCUT2D eigenvalue weighted by atomic mass is 19.1. The van der Waals surface area contributed by atoms with E-state index in [1.165, 1.54) is 12.1 Å². The van der Waals surface area contributed by atoms with Gasteiger partial charge in [0.1, 0.15) is 11.9 Å².